The monoisotopic (exact) mass is 343 g/mol. The van der Waals surface area contributed by atoms with Crippen molar-refractivity contribution in [3.05, 3.63) is 42.7 Å². The van der Waals surface area contributed by atoms with Gasteiger partial charge in [0.15, 0.2) is 0 Å². The van der Waals surface area contributed by atoms with Crippen LogP contribution in [0.25, 0.3) is 0 Å². The lowest BCUT2D eigenvalue weighted by atomic mass is 9.93. The third-order valence-electron chi connectivity index (χ3n) is 4.52. The van der Waals surface area contributed by atoms with Crippen LogP contribution in [0.3, 0.4) is 0 Å². The number of carbonyl (C=O) groups is 2. The van der Waals surface area contributed by atoms with Gasteiger partial charge >= 0.3 is 12.0 Å². The smallest absolute Gasteiger partial charge is 0.339 e. The molecule has 2 amide bonds. The standard InChI is InChI=1S/C17H21N5O3/c1-12-3-5-21(10-15(12)22-6-4-18-11-22)17(24)20-14-7-13(8-19-9-14)16(23)25-2/h4,6-9,11-12,15H,3,5,10H2,1-2H3,(H,20,24)/t12-,15-/m1/s1. The molecular formula is C17H21N5O3. The summed E-state index contributed by atoms with van der Waals surface area (Å²) in [4.78, 5) is 34.0. The van der Waals surface area contributed by atoms with Crippen LogP contribution in [-0.2, 0) is 4.74 Å². The van der Waals surface area contributed by atoms with E-state index in [0.717, 1.165) is 6.42 Å². The van der Waals surface area contributed by atoms with Crippen molar-refractivity contribution in [2.75, 3.05) is 25.5 Å². The first-order valence-corrected chi connectivity index (χ1v) is 8.15. The van der Waals surface area contributed by atoms with Gasteiger partial charge in [0.1, 0.15) is 0 Å². The Morgan fingerprint density at radius 2 is 2.16 bits per heavy atom. The number of piperidine rings is 1. The largest absolute Gasteiger partial charge is 0.465 e. The van der Waals surface area contributed by atoms with Crippen LogP contribution in [-0.4, -0.2) is 51.6 Å². The fourth-order valence-electron chi connectivity index (χ4n) is 3.03. The lowest BCUT2D eigenvalue weighted by Gasteiger charge is -2.37. The highest BCUT2D eigenvalue weighted by molar-refractivity contribution is 5.93. The van der Waals surface area contributed by atoms with E-state index in [1.165, 1.54) is 19.5 Å². The Labute approximate surface area is 145 Å². The van der Waals surface area contributed by atoms with Gasteiger partial charge in [-0.1, -0.05) is 6.92 Å². The van der Waals surface area contributed by atoms with Crippen molar-refractivity contribution in [1.29, 1.82) is 0 Å². The average Bonchev–Trinajstić information content (AvgIpc) is 3.16. The average molecular weight is 343 g/mol. The first-order valence-electron chi connectivity index (χ1n) is 8.15. The van der Waals surface area contributed by atoms with E-state index in [-0.39, 0.29) is 12.1 Å². The Morgan fingerprint density at radius 1 is 1.32 bits per heavy atom. The first kappa shape index (κ1) is 16.9. The lowest BCUT2D eigenvalue weighted by molar-refractivity contribution is 0.0600. The second-order valence-electron chi connectivity index (χ2n) is 6.17. The molecule has 1 fully saturated rings. The van der Waals surface area contributed by atoms with E-state index in [1.807, 2.05) is 10.8 Å². The molecule has 0 unspecified atom stereocenters. The predicted octanol–water partition coefficient (Wildman–Crippen LogP) is 2.18. The van der Waals surface area contributed by atoms with Crippen molar-refractivity contribution >= 4 is 17.7 Å². The molecule has 1 saturated heterocycles. The molecular weight excluding hydrogens is 322 g/mol. The number of pyridine rings is 1. The van der Waals surface area contributed by atoms with Gasteiger partial charge in [-0.3, -0.25) is 4.98 Å². The Kier molecular flexibility index (Phi) is 4.97. The molecule has 8 heteroatoms. The summed E-state index contributed by atoms with van der Waals surface area (Å²) in [6, 6.07) is 1.54. The number of likely N-dealkylation sites (tertiary alicyclic amines) is 1. The summed E-state index contributed by atoms with van der Waals surface area (Å²) in [5.41, 5.74) is 0.759. The van der Waals surface area contributed by atoms with E-state index >= 15 is 0 Å². The van der Waals surface area contributed by atoms with Gasteiger partial charge in [-0.05, 0) is 18.4 Å². The Hall–Kier alpha value is -2.90. The summed E-state index contributed by atoms with van der Waals surface area (Å²) in [6.07, 6.45) is 9.27. The summed E-state index contributed by atoms with van der Waals surface area (Å²) < 4.78 is 6.71. The van der Waals surface area contributed by atoms with E-state index in [2.05, 4.69) is 26.9 Å². The maximum Gasteiger partial charge on any atom is 0.339 e. The van der Waals surface area contributed by atoms with Crippen LogP contribution in [0.5, 0.6) is 0 Å². The zero-order valence-electron chi connectivity index (χ0n) is 14.3. The molecule has 25 heavy (non-hydrogen) atoms. The number of aromatic nitrogens is 3. The molecule has 132 valence electrons. The molecule has 3 rings (SSSR count). The molecule has 2 aromatic rings. The molecule has 2 aromatic heterocycles. The second-order valence-corrected chi connectivity index (χ2v) is 6.17. The predicted molar refractivity (Wildman–Crippen MR) is 91.2 cm³/mol. The highest BCUT2D eigenvalue weighted by Crippen LogP contribution is 2.27. The number of imidazole rings is 1. The highest BCUT2D eigenvalue weighted by atomic mass is 16.5. The Balaban J connectivity index is 1.68. The van der Waals surface area contributed by atoms with E-state index in [4.69, 9.17) is 0 Å². The molecule has 1 aliphatic rings. The maximum absolute atomic E-state index is 12.6. The Bertz CT molecular complexity index is 747. The van der Waals surface area contributed by atoms with Crippen LogP contribution in [0.4, 0.5) is 10.5 Å². The van der Waals surface area contributed by atoms with Gasteiger partial charge in [-0.2, -0.15) is 0 Å². The number of nitrogens with one attached hydrogen (secondary N) is 1. The molecule has 8 nitrogen and oxygen atoms in total. The number of amides is 2. The van der Waals surface area contributed by atoms with E-state index in [1.54, 1.807) is 23.5 Å². The minimum Gasteiger partial charge on any atom is -0.465 e. The van der Waals surface area contributed by atoms with E-state index < -0.39 is 5.97 Å². The minimum atomic E-state index is -0.490. The molecule has 0 bridgehead atoms. The SMILES string of the molecule is COC(=O)c1cncc(NC(=O)N2CC[C@@H](C)[C@H](n3ccnc3)C2)c1. The molecule has 1 N–H and O–H groups in total. The van der Waals surface area contributed by atoms with Crippen molar-refractivity contribution in [1.82, 2.24) is 19.4 Å². The second kappa shape index (κ2) is 7.33. The number of anilines is 1. The van der Waals surface area contributed by atoms with Gasteiger partial charge in [-0.15, -0.1) is 0 Å². The van der Waals surface area contributed by atoms with Crippen LogP contribution in [0.1, 0.15) is 29.7 Å². The fourth-order valence-corrected chi connectivity index (χ4v) is 3.03. The summed E-state index contributed by atoms with van der Waals surface area (Å²) >= 11 is 0. The number of urea groups is 1. The maximum atomic E-state index is 12.6. The van der Waals surface area contributed by atoms with Gasteiger partial charge in [0.25, 0.3) is 0 Å². The minimum absolute atomic E-state index is 0.196. The topological polar surface area (TPSA) is 89.3 Å². The summed E-state index contributed by atoms with van der Waals surface area (Å²) in [5, 5.41) is 2.80. The zero-order valence-corrected chi connectivity index (χ0v) is 14.3. The zero-order chi connectivity index (χ0) is 17.8. The molecule has 0 aliphatic carbocycles. The molecule has 3 heterocycles. The quantitative estimate of drug-likeness (QED) is 0.863. The number of rotatable bonds is 3. The number of esters is 1. The summed E-state index contributed by atoms with van der Waals surface area (Å²) in [7, 11) is 1.30. The third-order valence-corrected chi connectivity index (χ3v) is 4.52. The number of ether oxygens (including phenoxy) is 1. The van der Waals surface area contributed by atoms with Gasteiger partial charge < -0.3 is 19.5 Å². The van der Waals surface area contributed by atoms with E-state index in [0.29, 0.717) is 30.3 Å². The van der Waals surface area contributed by atoms with Crippen molar-refractivity contribution in [3.8, 4) is 0 Å². The normalized spacial score (nSPS) is 20.2. The van der Waals surface area contributed by atoms with Crippen LogP contribution < -0.4 is 5.32 Å². The van der Waals surface area contributed by atoms with Crippen LogP contribution >= 0.6 is 0 Å². The van der Waals surface area contributed by atoms with Crippen LogP contribution in [0.2, 0.25) is 0 Å². The van der Waals surface area contributed by atoms with E-state index in [9.17, 15) is 9.59 Å². The van der Waals surface area contributed by atoms with Gasteiger partial charge in [-0.25, -0.2) is 14.6 Å². The lowest BCUT2D eigenvalue weighted by Crippen LogP contribution is -2.45. The fraction of sp³-hybridized carbons (Fsp3) is 0.412. The van der Waals surface area contributed by atoms with Crippen LogP contribution in [0.15, 0.2) is 37.2 Å². The van der Waals surface area contributed by atoms with Gasteiger partial charge in [0.05, 0.1) is 36.9 Å². The third kappa shape index (κ3) is 3.78. The molecule has 2 atom stereocenters. The summed E-state index contributed by atoms with van der Waals surface area (Å²) in [5.74, 6) is -0.0295. The number of methoxy groups -OCH3 is 1. The number of hydrogen-bond donors (Lipinski definition) is 1. The Morgan fingerprint density at radius 3 is 2.88 bits per heavy atom. The highest BCUT2D eigenvalue weighted by Gasteiger charge is 2.29. The van der Waals surface area contributed by atoms with Crippen molar-refractivity contribution in [2.24, 2.45) is 5.92 Å². The first-order chi connectivity index (χ1) is 12.1. The van der Waals surface area contributed by atoms with Crippen molar-refractivity contribution in [2.45, 2.75) is 19.4 Å². The van der Waals surface area contributed by atoms with Crippen LogP contribution in [0, 0.1) is 5.92 Å². The molecule has 0 radical (unpaired) electrons. The number of carbonyl (C=O) groups excluding carboxylic acids is 2. The molecule has 1 aliphatic heterocycles. The van der Waals surface area contributed by atoms with Gasteiger partial charge in [0, 0.05) is 31.7 Å². The van der Waals surface area contributed by atoms with Crippen molar-refractivity contribution in [3.63, 3.8) is 0 Å². The number of nitrogens with zero attached hydrogens (tertiary/aromatic N) is 4. The number of hydrogen-bond acceptors (Lipinski definition) is 5. The molecule has 0 aromatic carbocycles. The molecule has 0 spiro atoms. The van der Waals surface area contributed by atoms with Gasteiger partial charge in [0.2, 0.25) is 0 Å². The molecule has 0 saturated carbocycles. The van der Waals surface area contributed by atoms with Crippen molar-refractivity contribution < 1.29 is 14.3 Å². The summed E-state index contributed by atoms with van der Waals surface area (Å²) in [6.45, 7) is 3.47.